The van der Waals surface area contributed by atoms with Crippen molar-refractivity contribution in [1.82, 2.24) is 10.2 Å². The first-order chi connectivity index (χ1) is 14.9. The zero-order chi connectivity index (χ0) is 21.8. The van der Waals surface area contributed by atoms with Gasteiger partial charge in [-0.25, -0.2) is 0 Å². The van der Waals surface area contributed by atoms with Gasteiger partial charge in [-0.2, -0.15) is 0 Å². The Kier molecular flexibility index (Phi) is 5.33. The second kappa shape index (κ2) is 7.77. The summed E-state index contributed by atoms with van der Waals surface area (Å²) in [5.41, 5.74) is 1.59. The number of likely N-dealkylation sites (tertiary alicyclic amines) is 1. The van der Waals surface area contributed by atoms with Crippen molar-refractivity contribution in [3.05, 3.63) is 29.3 Å². The molecular weight excluding hydrogens is 388 g/mol. The highest BCUT2D eigenvalue weighted by atomic mass is 16.5. The second-order valence-electron chi connectivity index (χ2n) is 10.9. The van der Waals surface area contributed by atoms with Crippen molar-refractivity contribution < 1.29 is 14.6 Å². The summed E-state index contributed by atoms with van der Waals surface area (Å²) in [6, 6.07) is 6.67. The number of carbonyl (C=O) groups excluding carboxylic acids is 1. The first-order valence-corrected chi connectivity index (χ1v) is 12.3. The van der Waals surface area contributed by atoms with Crippen LogP contribution in [-0.4, -0.2) is 53.8 Å². The van der Waals surface area contributed by atoms with Crippen molar-refractivity contribution in [2.24, 2.45) is 11.8 Å². The SMILES string of the molecule is COc1ccc2c(c1)C13CCCN(CC4CC4)C(C2)C1(O)CC(NC(=O)C(C)C)CC3. The number of rotatable bonds is 5. The summed E-state index contributed by atoms with van der Waals surface area (Å²) in [7, 11) is 1.72. The van der Waals surface area contributed by atoms with Crippen LogP contribution in [0.25, 0.3) is 0 Å². The summed E-state index contributed by atoms with van der Waals surface area (Å²) in [4.78, 5) is 15.1. The third-order valence-electron chi connectivity index (χ3n) is 8.65. The number of aliphatic hydroxyl groups is 1. The molecule has 1 aromatic rings. The quantitative estimate of drug-likeness (QED) is 0.757. The Balaban J connectivity index is 1.56. The minimum absolute atomic E-state index is 0.0319. The normalized spacial score (nSPS) is 35.1. The zero-order valence-corrected chi connectivity index (χ0v) is 19.3. The molecule has 1 aliphatic heterocycles. The van der Waals surface area contributed by atoms with Gasteiger partial charge in [-0.3, -0.25) is 9.69 Å². The third kappa shape index (κ3) is 3.48. The summed E-state index contributed by atoms with van der Waals surface area (Å²) >= 11 is 0. The molecule has 5 heteroatoms. The highest BCUT2D eigenvalue weighted by Gasteiger charge is 2.63. The number of nitrogens with zero attached hydrogens (tertiary/aromatic N) is 1. The Morgan fingerprint density at radius 2 is 2.10 bits per heavy atom. The first kappa shape index (κ1) is 21.3. The van der Waals surface area contributed by atoms with Crippen molar-refractivity contribution in [3.63, 3.8) is 0 Å². The van der Waals surface area contributed by atoms with Crippen LogP contribution in [0.2, 0.25) is 0 Å². The van der Waals surface area contributed by atoms with Crippen LogP contribution in [0.15, 0.2) is 18.2 Å². The molecule has 2 saturated carbocycles. The number of amides is 1. The molecule has 5 rings (SSSR count). The van der Waals surface area contributed by atoms with E-state index in [2.05, 4.69) is 28.4 Å². The first-order valence-electron chi connectivity index (χ1n) is 12.3. The van der Waals surface area contributed by atoms with Gasteiger partial charge >= 0.3 is 0 Å². The van der Waals surface area contributed by atoms with Crippen LogP contribution < -0.4 is 10.1 Å². The van der Waals surface area contributed by atoms with Crippen LogP contribution >= 0.6 is 0 Å². The number of carbonyl (C=O) groups is 1. The molecule has 4 aliphatic rings. The van der Waals surface area contributed by atoms with Crippen molar-refractivity contribution in [3.8, 4) is 5.75 Å². The fourth-order valence-corrected chi connectivity index (χ4v) is 6.80. The van der Waals surface area contributed by atoms with Gasteiger partial charge in [0.2, 0.25) is 5.91 Å². The number of benzene rings is 1. The highest BCUT2D eigenvalue weighted by molar-refractivity contribution is 5.78. The van der Waals surface area contributed by atoms with Gasteiger partial charge in [0.1, 0.15) is 5.75 Å². The summed E-state index contributed by atoms with van der Waals surface area (Å²) in [6.45, 7) is 6.06. The molecule has 1 aromatic carbocycles. The molecule has 0 radical (unpaired) electrons. The summed E-state index contributed by atoms with van der Waals surface area (Å²) in [5.74, 6) is 1.74. The maximum atomic E-state index is 12.6. The molecular formula is C26H38N2O3. The molecule has 4 atom stereocenters. The minimum atomic E-state index is -0.828. The van der Waals surface area contributed by atoms with E-state index >= 15 is 0 Å². The zero-order valence-electron chi connectivity index (χ0n) is 19.3. The van der Waals surface area contributed by atoms with E-state index in [1.165, 1.54) is 24.0 Å². The number of hydrogen-bond acceptors (Lipinski definition) is 4. The van der Waals surface area contributed by atoms with E-state index in [0.717, 1.165) is 56.9 Å². The maximum Gasteiger partial charge on any atom is 0.222 e. The lowest BCUT2D eigenvalue weighted by atomic mass is 9.51. The Hall–Kier alpha value is -1.59. The highest BCUT2D eigenvalue weighted by Crippen LogP contribution is 2.58. The number of ether oxygens (including phenoxy) is 1. The number of hydrogen-bond donors (Lipinski definition) is 2. The summed E-state index contributed by atoms with van der Waals surface area (Å²) in [5, 5.41) is 15.9. The van der Waals surface area contributed by atoms with Crippen molar-refractivity contribution in [2.75, 3.05) is 20.2 Å². The Morgan fingerprint density at radius 1 is 1.29 bits per heavy atom. The molecule has 4 unspecified atom stereocenters. The van der Waals surface area contributed by atoms with Gasteiger partial charge in [0.25, 0.3) is 0 Å². The van der Waals surface area contributed by atoms with E-state index in [0.29, 0.717) is 6.42 Å². The van der Waals surface area contributed by atoms with Crippen LogP contribution in [0.3, 0.4) is 0 Å². The monoisotopic (exact) mass is 426 g/mol. The molecule has 3 fully saturated rings. The molecule has 1 heterocycles. The van der Waals surface area contributed by atoms with E-state index in [-0.39, 0.29) is 29.3 Å². The van der Waals surface area contributed by atoms with Gasteiger partial charge in [-0.05, 0) is 87.1 Å². The van der Waals surface area contributed by atoms with Crippen LogP contribution in [0.1, 0.15) is 69.9 Å². The minimum Gasteiger partial charge on any atom is -0.497 e. The van der Waals surface area contributed by atoms with Crippen molar-refractivity contribution in [1.29, 1.82) is 0 Å². The lowest BCUT2D eigenvalue weighted by Crippen LogP contribution is -2.69. The van der Waals surface area contributed by atoms with Crippen LogP contribution in [-0.2, 0) is 16.6 Å². The Bertz CT molecular complexity index is 851. The third-order valence-corrected chi connectivity index (χ3v) is 8.65. The molecule has 31 heavy (non-hydrogen) atoms. The van der Waals surface area contributed by atoms with E-state index in [1.54, 1.807) is 7.11 Å². The van der Waals surface area contributed by atoms with Gasteiger partial charge in [0.15, 0.2) is 0 Å². The van der Waals surface area contributed by atoms with Crippen LogP contribution in [0.5, 0.6) is 5.75 Å². The molecule has 3 aliphatic carbocycles. The maximum absolute atomic E-state index is 12.6. The molecule has 170 valence electrons. The summed E-state index contributed by atoms with van der Waals surface area (Å²) in [6.07, 6.45) is 8.15. The van der Waals surface area contributed by atoms with Crippen LogP contribution in [0, 0.1) is 11.8 Å². The number of fused-ring (bicyclic) bond motifs is 1. The smallest absolute Gasteiger partial charge is 0.222 e. The number of nitrogens with one attached hydrogen (secondary N) is 1. The fraction of sp³-hybridized carbons (Fsp3) is 0.731. The summed E-state index contributed by atoms with van der Waals surface area (Å²) < 4.78 is 5.59. The Labute approximate surface area is 186 Å². The lowest BCUT2D eigenvalue weighted by molar-refractivity contribution is -0.140. The van der Waals surface area contributed by atoms with Crippen molar-refractivity contribution in [2.45, 2.75) is 88.3 Å². The largest absolute Gasteiger partial charge is 0.497 e. The van der Waals surface area contributed by atoms with Crippen LogP contribution in [0.4, 0.5) is 0 Å². The van der Waals surface area contributed by atoms with Gasteiger partial charge < -0.3 is 15.2 Å². The lowest BCUT2D eigenvalue weighted by Gasteiger charge is -2.60. The molecule has 0 aromatic heterocycles. The average Bonchev–Trinajstić information content (AvgIpc) is 3.56. The van der Waals surface area contributed by atoms with Gasteiger partial charge in [-0.1, -0.05) is 19.9 Å². The van der Waals surface area contributed by atoms with E-state index in [4.69, 9.17) is 4.74 Å². The number of methoxy groups -OCH3 is 1. The predicted molar refractivity (Wildman–Crippen MR) is 121 cm³/mol. The fourth-order valence-electron chi connectivity index (χ4n) is 6.80. The molecule has 2 bridgehead atoms. The molecule has 1 saturated heterocycles. The van der Waals surface area contributed by atoms with E-state index in [1.807, 2.05) is 13.8 Å². The Morgan fingerprint density at radius 3 is 2.81 bits per heavy atom. The van der Waals surface area contributed by atoms with Crippen molar-refractivity contribution >= 4 is 5.91 Å². The van der Waals surface area contributed by atoms with Gasteiger partial charge in [-0.15, -0.1) is 0 Å². The van der Waals surface area contributed by atoms with E-state index < -0.39 is 5.60 Å². The van der Waals surface area contributed by atoms with Gasteiger partial charge in [0.05, 0.1) is 12.7 Å². The average molecular weight is 427 g/mol. The molecule has 2 N–H and O–H groups in total. The standard InChI is InChI=1S/C26H38N2O3/c1-17(2)24(29)27-20-9-11-25-10-4-12-28(16-18-5-6-18)23(26(25,30)15-20)13-19-7-8-21(31-3)14-22(19)25/h7-8,14,17-18,20,23,30H,4-6,9-13,15-16H2,1-3H3,(H,27,29). The van der Waals surface area contributed by atoms with Gasteiger partial charge in [0, 0.05) is 30.0 Å². The molecule has 1 amide bonds. The topological polar surface area (TPSA) is 61.8 Å². The molecule has 5 nitrogen and oxygen atoms in total. The molecule has 0 spiro atoms. The van der Waals surface area contributed by atoms with E-state index in [9.17, 15) is 9.90 Å². The predicted octanol–water partition coefficient (Wildman–Crippen LogP) is 3.42. The second-order valence-corrected chi connectivity index (χ2v) is 10.9.